The summed E-state index contributed by atoms with van der Waals surface area (Å²) in [6.45, 7) is 5.87. The van der Waals surface area contributed by atoms with Crippen LogP contribution in [0.1, 0.15) is 58.8 Å². The molecule has 0 aromatic carbocycles. The van der Waals surface area contributed by atoms with Crippen LogP contribution in [0.3, 0.4) is 0 Å². The molecule has 9 atom stereocenters. The second-order valence-electron chi connectivity index (χ2n) is 10.7. The second kappa shape index (κ2) is 12.2. The number of ether oxygens (including phenoxy) is 2. The van der Waals surface area contributed by atoms with Gasteiger partial charge in [-0.2, -0.15) is 4.31 Å². The SMILES string of the molecule is CCOC1NN(CC)CC1S(=O)(=O)N1CC(CO)CC2CCC(OCC3C(F)CCCC3Cl)CC21. The zero-order valence-electron chi connectivity index (χ0n) is 21.0. The van der Waals surface area contributed by atoms with Crippen LogP contribution in [0, 0.1) is 17.8 Å². The third-order valence-electron chi connectivity index (χ3n) is 8.51. The predicted octanol–water partition coefficient (Wildman–Crippen LogP) is 2.50. The summed E-state index contributed by atoms with van der Waals surface area (Å²) < 4.78 is 56.2. The molecule has 4 fully saturated rings. The quantitative estimate of drug-likeness (QED) is 0.435. The van der Waals surface area contributed by atoms with Gasteiger partial charge in [-0.15, -0.1) is 11.6 Å². The minimum Gasteiger partial charge on any atom is -0.396 e. The summed E-state index contributed by atoms with van der Waals surface area (Å²) in [4.78, 5) is 0. The van der Waals surface area contributed by atoms with Crippen LogP contribution in [0.25, 0.3) is 0 Å². The first-order chi connectivity index (χ1) is 16.8. The average molecular weight is 540 g/mol. The number of hydrazine groups is 1. The van der Waals surface area contributed by atoms with E-state index in [-0.39, 0.29) is 48.5 Å². The van der Waals surface area contributed by atoms with Crippen LogP contribution in [0.4, 0.5) is 4.39 Å². The molecule has 2 saturated heterocycles. The van der Waals surface area contributed by atoms with E-state index in [4.69, 9.17) is 21.1 Å². The molecule has 2 aliphatic carbocycles. The van der Waals surface area contributed by atoms with Crippen molar-refractivity contribution in [3.05, 3.63) is 0 Å². The van der Waals surface area contributed by atoms with Gasteiger partial charge in [-0.05, 0) is 63.7 Å². The Morgan fingerprint density at radius 1 is 1.11 bits per heavy atom. The van der Waals surface area contributed by atoms with E-state index in [1.807, 2.05) is 18.9 Å². The number of nitrogens with zero attached hydrogens (tertiary/aromatic N) is 2. The highest BCUT2D eigenvalue weighted by Gasteiger charge is 2.51. The Morgan fingerprint density at radius 3 is 2.60 bits per heavy atom. The molecule has 11 heteroatoms. The fourth-order valence-corrected chi connectivity index (χ4v) is 9.09. The predicted molar refractivity (Wildman–Crippen MR) is 133 cm³/mol. The highest BCUT2D eigenvalue weighted by molar-refractivity contribution is 7.89. The van der Waals surface area contributed by atoms with Crippen LogP contribution in [-0.4, -0.2) is 97.5 Å². The van der Waals surface area contributed by atoms with Crippen molar-refractivity contribution >= 4 is 21.6 Å². The zero-order chi connectivity index (χ0) is 25.2. The molecule has 0 aromatic heterocycles. The van der Waals surface area contributed by atoms with Crippen LogP contribution < -0.4 is 5.43 Å². The fraction of sp³-hybridized carbons (Fsp3) is 1.00. The van der Waals surface area contributed by atoms with E-state index in [9.17, 15) is 17.9 Å². The molecule has 0 spiro atoms. The minimum absolute atomic E-state index is 0.0231. The van der Waals surface area contributed by atoms with Crippen molar-refractivity contribution in [1.29, 1.82) is 0 Å². The van der Waals surface area contributed by atoms with Crippen LogP contribution >= 0.6 is 11.6 Å². The van der Waals surface area contributed by atoms with Crippen molar-refractivity contribution in [2.75, 3.05) is 39.5 Å². The Kier molecular flexibility index (Phi) is 9.74. The van der Waals surface area contributed by atoms with E-state index in [1.54, 1.807) is 4.31 Å². The fourth-order valence-electron chi connectivity index (χ4n) is 6.48. The van der Waals surface area contributed by atoms with E-state index >= 15 is 0 Å². The summed E-state index contributed by atoms with van der Waals surface area (Å²) in [5.74, 6) is -0.191. The molecule has 2 heterocycles. The highest BCUT2D eigenvalue weighted by atomic mass is 35.5. The average Bonchev–Trinajstić information content (AvgIpc) is 3.27. The molecular formula is C24H43ClFN3O5S. The Hall–Kier alpha value is -0.0700. The standard InChI is InChI=1S/C24H43ClFN3O5S/c1-3-28-13-23(24(27-28)33-4-2)35(31,32)29-12-16(14-30)10-17-8-9-18(11-22(17)29)34-15-19-20(25)6-5-7-21(19)26/h16-24,27,30H,3-15H2,1-2H3. The van der Waals surface area contributed by atoms with Gasteiger partial charge in [0.15, 0.2) is 0 Å². The molecule has 0 amide bonds. The van der Waals surface area contributed by atoms with Crippen molar-refractivity contribution < 1.29 is 27.4 Å². The van der Waals surface area contributed by atoms with Gasteiger partial charge in [-0.3, -0.25) is 0 Å². The topological polar surface area (TPSA) is 91.3 Å². The normalized spacial score (nSPS) is 41.7. The Labute approximate surface area is 214 Å². The number of halogens is 2. The Balaban J connectivity index is 1.48. The third-order valence-corrected chi connectivity index (χ3v) is 11.3. The molecule has 9 unspecified atom stereocenters. The number of sulfonamides is 1. The maximum Gasteiger partial charge on any atom is 0.222 e. The van der Waals surface area contributed by atoms with Gasteiger partial charge >= 0.3 is 0 Å². The second-order valence-corrected chi connectivity index (χ2v) is 13.4. The number of fused-ring (bicyclic) bond motifs is 1. The van der Waals surface area contributed by atoms with E-state index in [2.05, 4.69) is 5.43 Å². The van der Waals surface area contributed by atoms with E-state index in [0.29, 0.717) is 39.1 Å². The number of aliphatic hydroxyl groups excluding tert-OH is 1. The van der Waals surface area contributed by atoms with Crippen LogP contribution in [0.2, 0.25) is 0 Å². The first-order valence-electron chi connectivity index (χ1n) is 13.4. The molecular weight excluding hydrogens is 497 g/mol. The Morgan fingerprint density at radius 2 is 1.91 bits per heavy atom. The Bertz CT molecular complexity index is 785. The molecule has 0 bridgehead atoms. The van der Waals surface area contributed by atoms with Gasteiger partial charge in [-0.25, -0.2) is 23.2 Å². The molecule has 8 nitrogen and oxygen atoms in total. The van der Waals surface area contributed by atoms with E-state index in [0.717, 1.165) is 32.1 Å². The van der Waals surface area contributed by atoms with Crippen molar-refractivity contribution in [3.8, 4) is 0 Å². The number of hydrogen-bond acceptors (Lipinski definition) is 7. The summed E-state index contributed by atoms with van der Waals surface area (Å²) in [7, 11) is -3.71. The molecule has 35 heavy (non-hydrogen) atoms. The highest BCUT2D eigenvalue weighted by Crippen LogP contribution is 2.41. The number of hydrogen-bond donors (Lipinski definition) is 2. The van der Waals surface area contributed by atoms with Crippen molar-refractivity contribution in [3.63, 3.8) is 0 Å². The van der Waals surface area contributed by atoms with E-state index in [1.165, 1.54) is 0 Å². The van der Waals surface area contributed by atoms with Crippen LogP contribution in [0.5, 0.6) is 0 Å². The largest absolute Gasteiger partial charge is 0.396 e. The number of nitrogens with one attached hydrogen (secondary N) is 1. The minimum atomic E-state index is -3.71. The molecule has 0 aromatic rings. The zero-order valence-corrected chi connectivity index (χ0v) is 22.6. The first-order valence-corrected chi connectivity index (χ1v) is 15.4. The number of piperidine rings is 1. The van der Waals surface area contributed by atoms with Gasteiger partial charge < -0.3 is 14.6 Å². The maximum atomic E-state index is 14.5. The summed E-state index contributed by atoms with van der Waals surface area (Å²) in [6.07, 6.45) is 3.57. The van der Waals surface area contributed by atoms with Gasteiger partial charge in [-0.1, -0.05) is 6.92 Å². The lowest BCUT2D eigenvalue weighted by atomic mass is 9.75. The maximum absolute atomic E-state index is 14.5. The number of aliphatic hydroxyl groups is 1. The van der Waals surface area contributed by atoms with Crippen molar-refractivity contribution in [2.24, 2.45) is 17.8 Å². The summed E-state index contributed by atoms with van der Waals surface area (Å²) in [5.41, 5.74) is 3.19. The summed E-state index contributed by atoms with van der Waals surface area (Å²) in [6, 6.07) is -0.182. The molecule has 2 saturated carbocycles. The lowest BCUT2D eigenvalue weighted by Gasteiger charge is -2.48. The van der Waals surface area contributed by atoms with Crippen molar-refractivity contribution in [2.45, 2.75) is 94.0 Å². The van der Waals surface area contributed by atoms with Gasteiger partial charge in [0.25, 0.3) is 0 Å². The van der Waals surface area contributed by atoms with Gasteiger partial charge in [0.2, 0.25) is 10.0 Å². The monoisotopic (exact) mass is 539 g/mol. The van der Waals surface area contributed by atoms with Gasteiger partial charge in [0, 0.05) is 50.2 Å². The smallest absolute Gasteiger partial charge is 0.222 e. The first kappa shape index (κ1) is 28.0. The van der Waals surface area contributed by atoms with Gasteiger partial charge in [0.1, 0.15) is 17.6 Å². The third kappa shape index (κ3) is 6.16. The number of rotatable bonds is 9. The van der Waals surface area contributed by atoms with Crippen LogP contribution in [-0.2, 0) is 19.5 Å². The van der Waals surface area contributed by atoms with E-state index < -0.39 is 27.7 Å². The summed E-state index contributed by atoms with van der Waals surface area (Å²) in [5, 5.41) is 10.9. The lowest BCUT2D eigenvalue weighted by molar-refractivity contribution is -0.0521. The molecule has 2 aliphatic heterocycles. The number of alkyl halides is 2. The molecule has 0 radical (unpaired) electrons. The molecule has 204 valence electrons. The van der Waals surface area contributed by atoms with Crippen LogP contribution in [0.15, 0.2) is 0 Å². The molecule has 4 rings (SSSR count). The van der Waals surface area contributed by atoms with Gasteiger partial charge in [0.05, 0.1) is 12.7 Å². The lowest BCUT2D eigenvalue weighted by Crippen LogP contribution is -2.58. The molecule has 2 N–H and O–H groups in total. The van der Waals surface area contributed by atoms with Crippen molar-refractivity contribution in [1.82, 2.24) is 14.7 Å². The summed E-state index contributed by atoms with van der Waals surface area (Å²) >= 11 is 6.40. The molecule has 4 aliphatic rings.